The van der Waals surface area contributed by atoms with Crippen LogP contribution in [0.2, 0.25) is 0 Å². The van der Waals surface area contributed by atoms with Crippen LogP contribution in [0.15, 0.2) is 24.3 Å². The summed E-state index contributed by atoms with van der Waals surface area (Å²) in [5.74, 6) is -0.346. The number of nitrogens with one attached hydrogen (secondary N) is 2. The number of hydrogen-bond donors (Lipinski definition) is 2. The van der Waals surface area contributed by atoms with E-state index in [4.69, 9.17) is 4.74 Å². The molecule has 5 heteroatoms. The van der Waals surface area contributed by atoms with Crippen molar-refractivity contribution in [2.45, 2.75) is 13.0 Å². The second-order valence-electron chi connectivity index (χ2n) is 3.93. The lowest BCUT2D eigenvalue weighted by atomic mass is 10.2. The molecule has 0 atom stereocenters. The summed E-state index contributed by atoms with van der Waals surface area (Å²) in [5, 5.41) is 5.77. The molecule has 1 aromatic carbocycles. The van der Waals surface area contributed by atoms with E-state index in [0.29, 0.717) is 13.2 Å². The maximum atomic E-state index is 12.6. The van der Waals surface area contributed by atoms with E-state index in [1.807, 2.05) is 0 Å². The fourth-order valence-electron chi connectivity index (χ4n) is 1.41. The summed E-state index contributed by atoms with van der Waals surface area (Å²) in [5.41, 5.74) is 0.879. The van der Waals surface area contributed by atoms with E-state index in [1.165, 1.54) is 12.1 Å². The molecule has 0 aliphatic heterocycles. The third-order valence-corrected chi connectivity index (χ3v) is 2.39. The molecule has 4 nitrogen and oxygen atoms in total. The summed E-state index contributed by atoms with van der Waals surface area (Å²) in [6.45, 7) is 2.13. The van der Waals surface area contributed by atoms with Crippen molar-refractivity contribution in [2.24, 2.45) is 0 Å². The Morgan fingerprint density at radius 3 is 2.72 bits per heavy atom. The first-order chi connectivity index (χ1) is 8.72. The first kappa shape index (κ1) is 14.6. The largest absolute Gasteiger partial charge is 0.385 e. The van der Waals surface area contributed by atoms with Crippen LogP contribution in [-0.2, 0) is 16.1 Å². The molecular weight excluding hydrogens is 235 g/mol. The van der Waals surface area contributed by atoms with E-state index in [-0.39, 0.29) is 18.3 Å². The van der Waals surface area contributed by atoms with Crippen LogP contribution < -0.4 is 10.6 Å². The smallest absolute Gasteiger partial charge is 0.234 e. The third-order valence-electron chi connectivity index (χ3n) is 2.39. The van der Waals surface area contributed by atoms with E-state index in [1.54, 1.807) is 19.2 Å². The topological polar surface area (TPSA) is 50.4 Å². The van der Waals surface area contributed by atoms with Gasteiger partial charge in [0.1, 0.15) is 5.82 Å². The lowest BCUT2D eigenvalue weighted by Gasteiger charge is -2.06. The molecule has 0 radical (unpaired) electrons. The Morgan fingerprint density at radius 2 is 2.06 bits per heavy atom. The second-order valence-corrected chi connectivity index (χ2v) is 3.93. The molecule has 1 amide bonds. The van der Waals surface area contributed by atoms with Gasteiger partial charge in [-0.1, -0.05) is 12.1 Å². The highest BCUT2D eigenvalue weighted by atomic mass is 19.1. The fraction of sp³-hybridized carbons (Fsp3) is 0.462. The Bertz CT molecular complexity index is 355. The molecule has 2 N–H and O–H groups in total. The van der Waals surface area contributed by atoms with Crippen molar-refractivity contribution >= 4 is 5.91 Å². The third kappa shape index (κ3) is 6.32. The number of hydrogen-bond acceptors (Lipinski definition) is 3. The van der Waals surface area contributed by atoms with Gasteiger partial charge in [-0.3, -0.25) is 4.79 Å². The van der Waals surface area contributed by atoms with Gasteiger partial charge < -0.3 is 15.4 Å². The summed E-state index contributed by atoms with van der Waals surface area (Å²) < 4.78 is 17.5. The molecule has 0 saturated heterocycles. The quantitative estimate of drug-likeness (QED) is 0.682. The number of rotatable bonds is 8. The number of carbonyl (C=O) groups excluding carboxylic acids is 1. The van der Waals surface area contributed by atoms with Gasteiger partial charge in [-0.15, -0.1) is 0 Å². The summed E-state index contributed by atoms with van der Waals surface area (Å²) in [6.07, 6.45) is 0.877. The van der Waals surface area contributed by atoms with Crippen molar-refractivity contribution < 1.29 is 13.9 Å². The highest BCUT2D eigenvalue weighted by molar-refractivity contribution is 5.77. The summed E-state index contributed by atoms with van der Waals surface area (Å²) in [7, 11) is 1.65. The molecule has 0 saturated carbocycles. The van der Waals surface area contributed by atoms with Gasteiger partial charge in [0.2, 0.25) is 5.91 Å². The first-order valence-corrected chi connectivity index (χ1v) is 5.93. The minimum absolute atomic E-state index is 0.0725. The molecule has 0 bridgehead atoms. The van der Waals surface area contributed by atoms with Gasteiger partial charge in [0.05, 0.1) is 6.54 Å². The number of benzene rings is 1. The molecule has 0 aliphatic carbocycles. The van der Waals surface area contributed by atoms with Gasteiger partial charge in [-0.25, -0.2) is 4.39 Å². The highest BCUT2D eigenvalue weighted by Crippen LogP contribution is 2.01. The van der Waals surface area contributed by atoms with E-state index in [0.717, 1.165) is 18.5 Å². The Balaban J connectivity index is 2.11. The van der Waals surface area contributed by atoms with Crippen LogP contribution in [-0.4, -0.2) is 32.7 Å². The fourth-order valence-corrected chi connectivity index (χ4v) is 1.41. The molecule has 18 heavy (non-hydrogen) atoms. The molecule has 0 aromatic heterocycles. The van der Waals surface area contributed by atoms with Gasteiger partial charge in [0.15, 0.2) is 0 Å². The standard InChI is InChI=1S/C13H19FN2O2/c1-18-8-2-7-15-10-13(17)16-9-11-3-5-12(14)6-4-11/h3-6,15H,2,7-10H2,1H3,(H,16,17). The van der Waals surface area contributed by atoms with Crippen molar-refractivity contribution in [1.29, 1.82) is 0 Å². The van der Waals surface area contributed by atoms with Gasteiger partial charge in [0.25, 0.3) is 0 Å². The zero-order valence-corrected chi connectivity index (χ0v) is 10.5. The van der Waals surface area contributed by atoms with Crippen LogP contribution in [0, 0.1) is 5.82 Å². The van der Waals surface area contributed by atoms with E-state index < -0.39 is 0 Å². The normalized spacial score (nSPS) is 10.3. The van der Waals surface area contributed by atoms with Crippen molar-refractivity contribution in [3.05, 3.63) is 35.6 Å². The molecule has 0 aliphatic rings. The lowest BCUT2D eigenvalue weighted by molar-refractivity contribution is -0.120. The maximum Gasteiger partial charge on any atom is 0.234 e. The maximum absolute atomic E-state index is 12.6. The average Bonchev–Trinajstić information content (AvgIpc) is 2.38. The zero-order valence-electron chi connectivity index (χ0n) is 10.5. The average molecular weight is 254 g/mol. The highest BCUT2D eigenvalue weighted by Gasteiger charge is 2.00. The zero-order chi connectivity index (χ0) is 13.2. The monoisotopic (exact) mass is 254 g/mol. The van der Waals surface area contributed by atoms with Crippen LogP contribution in [0.3, 0.4) is 0 Å². The predicted molar refractivity (Wildman–Crippen MR) is 67.6 cm³/mol. The number of amides is 1. The Labute approximate surface area is 107 Å². The minimum atomic E-state index is -0.273. The predicted octanol–water partition coefficient (Wildman–Crippen LogP) is 1.07. The van der Waals surface area contributed by atoms with Crippen LogP contribution in [0.25, 0.3) is 0 Å². The van der Waals surface area contributed by atoms with Crippen LogP contribution in [0.1, 0.15) is 12.0 Å². The lowest BCUT2D eigenvalue weighted by Crippen LogP contribution is -2.34. The van der Waals surface area contributed by atoms with Crippen LogP contribution in [0.4, 0.5) is 4.39 Å². The number of carbonyl (C=O) groups is 1. The molecule has 0 heterocycles. The van der Waals surface area contributed by atoms with Crippen molar-refractivity contribution in [3.8, 4) is 0 Å². The Morgan fingerprint density at radius 1 is 1.33 bits per heavy atom. The van der Waals surface area contributed by atoms with Crippen molar-refractivity contribution in [1.82, 2.24) is 10.6 Å². The van der Waals surface area contributed by atoms with Gasteiger partial charge >= 0.3 is 0 Å². The van der Waals surface area contributed by atoms with Crippen molar-refractivity contribution in [2.75, 3.05) is 26.8 Å². The second kappa shape index (κ2) is 8.60. The van der Waals surface area contributed by atoms with E-state index >= 15 is 0 Å². The van der Waals surface area contributed by atoms with Crippen LogP contribution >= 0.6 is 0 Å². The molecular formula is C13H19FN2O2. The SMILES string of the molecule is COCCCNCC(=O)NCc1ccc(F)cc1. The van der Waals surface area contributed by atoms with E-state index in [9.17, 15) is 9.18 Å². The van der Waals surface area contributed by atoms with E-state index in [2.05, 4.69) is 10.6 Å². The number of halogens is 1. The summed E-state index contributed by atoms with van der Waals surface area (Å²) in [4.78, 5) is 11.4. The Hall–Kier alpha value is -1.46. The van der Waals surface area contributed by atoms with Gasteiger partial charge in [-0.05, 0) is 30.7 Å². The molecule has 1 aromatic rings. The first-order valence-electron chi connectivity index (χ1n) is 5.93. The van der Waals surface area contributed by atoms with Gasteiger partial charge in [-0.2, -0.15) is 0 Å². The van der Waals surface area contributed by atoms with Crippen molar-refractivity contribution in [3.63, 3.8) is 0 Å². The molecule has 0 fully saturated rings. The number of ether oxygens (including phenoxy) is 1. The van der Waals surface area contributed by atoms with Crippen LogP contribution in [0.5, 0.6) is 0 Å². The minimum Gasteiger partial charge on any atom is -0.385 e. The van der Waals surface area contributed by atoms with Gasteiger partial charge in [0, 0.05) is 20.3 Å². The molecule has 1 rings (SSSR count). The molecule has 100 valence electrons. The molecule has 0 unspecified atom stereocenters. The Kier molecular flexibility index (Phi) is 6.98. The summed E-state index contributed by atoms with van der Waals surface area (Å²) in [6, 6.07) is 6.07. The molecule has 0 spiro atoms. The summed E-state index contributed by atoms with van der Waals surface area (Å²) >= 11 is 0. The number of methoxy groups -OCH3 is 1.